The summed E-state index contributed by atoms with van der Waals surface area (Å²) in [4.78, 5) is 17.3. The van der Waals surface area contributed by atoms with E-state index in [-0.39, 0.29) is 16.9 Å². The molecule has 3 fully saturated rings. The lowest BCUT2D eigenvalue weighted by Gasteiger charge is -2.35. The molecule has 1 amide bonds. The molecule has 130 valence electrons. The van der Waals surface area contributed by atoms with Crippen molar-refractivity contribution in [1.29, 1.82) is 0 Å². The maximum absolute atomic E-state index is 13.7. The van der Waals surface area contributed by atoms with Gasteiger partial charge in [0.25, 0.3) is 0 Å². The number of benzene rings is 1. The first-order chi connectivity index (χ1) is 11.4. The van der Waals surface area contributed by atoms with Crippen molar-refractivity contribution in [2.75, 3.05) is 18.0 Å². The molecule has 0 bridgehead atoms. The van der Waals surface area contributed by atoms with Gasteiger partial charge in [-0.05, 0) is 70.1 Å². The van der Waals surface area contributed by atoms with Crippen molar-refractivity contribution in [3.8, 4) is 0 Å². The molecule has 0 radical (unpaired) electrons. The van der Waals surface area contributed by atoms with Crippen LogP contribution in [-0.4, -0.2) is 35.0 Å². The SMILES string of the molecule is CC1(C)CC2(CCCN2C(=O)CC2CC2)CN1c1cccc(F)c1. The van der Waals surface area contributed by atoms with E-state index < -0.39 is 0 Å². The number of amides is 1. The summed E-state index contributed by atoms with van der Waals surface area (Å²) in [6, 6.07) is 6.86. The summed E-state index contributed by atoms with van der Waals surface area (Å²) in [7, 11) is 0. The highest BCUT2D eigenvalue weighted by molar-refractivity contribution is 5.78. The lowest BCUT2D eigenvalue weighted by Crippen LogP contribution is -2.49. The molecular weight excluding hydrogens is 303 g/mol. The third-order valence-corrected chi connectivity index (χ3v) is 6.12. The summed E-state index contributed by atoms with van der Waals surface area (Å²) in [6.07, 6.45) is 6.28. The Morgan fingerprint density at radius 3 is 2.83 bits per heavy atom. The summed E-state index contributed by atoms with van der Waals surface area (Å²) in [5.74, 6) is 0.771. The zero-order valence-electron chi connectivity index (χ0n) is 14.7. The first-order valence-electron chi connectivity index (χ1n) is 9.23. The standard InChI is InChI=1S/C20H27FN2O/c1-19(2)13-20(14-23(19)17-6-3-5-16(21)12-17)9-4-10-22(20)18(24)11-15-7-8-15/h3,5-6,12,15H,4,7-11,13-14H2,1-2H3. The van der Waals surface area contributed by atoms with E-state index in [1.165, 1.54) is 18.9 Å². The molecule has 1 unspecified atom stereocenters. The van der Waals surface area contributed by atoms with Crippen LogP contribution in [0.15, 0.2) is 24.3 Å². The van der Waals surface area contributed by atoms with Crippen LogP contribution in [0.3, 0.4) is 0 Å². The van der Waals surface area contributed by atoms with Gasteiger partial charge < -0.3 is 9.80 Å². The number of halogens is 1. The fraction of sp³-hybridized carbons (Fsp3) is 0.650. The van der Waals surface area contributed by atoms with Crippen LogP contribution in [0.4, 0.5) is 10.1 Å². The van der Waals surface area contributed by atoms with E-state index in [9.17, 15) is 9.18 Å². The van der Waals surface area contributed by atoms with Crippen molar-refractivity contribution in [2.24, 2.45) is 5.92 Å². The summed E-state index contributed by atoms with van der Waals surface area (Å²) >= 11 is 0. The molecule has 1 atom stereocenters. The van der Waals surface area contributed by atoms with E-state index in [4.69, 9.17) is 0 Å². The van der Waals surface area contributed by atoms with Gasteiger partial charge in [-0.25, -0.2) is 4.39 Å². The molecule has 1 spiro atoms. The smallest absolute Gasteiger partial charge is 0.223 e. The predicted octanol–water partition coefficient (Wildman–Crippen LogP) is 3.98. The van der Waals surface area contributed by atoms with E-state index in [2.05, 4.69) is 23.6 Å². The van der Waals surface area contributed by atoms with Gasteiger partial charge in [0.1, 0.15) is 5.82 Å². The normalized spacial score (nSPS) is 28.8. The largest absolute Gasteiger partial charge is 0.364 e. The quantitative estimate of drug-likeness (QED) is 0.837. The maximum Gasteiger partial charge on any atom is 0.223 e. The molecule has 1 aromatic rings. The Bertz CT molecular complexity index is 655. The summed E-state index contributed by atoms with van der Waals surface area (Å²) in [5, 5.41) is 0. The highest BCUT2D eigenvalue weighted by Gasteiger charge is 2.55. The van der Waals surface area contributed by atoms with E-state index in [1.807, 2.05) is 6.07 Å². The van der Waals surface area contributed by atoms with Crippen molar-refractivity contribution in [2.45, 2.75) is 63.5 Å². The number of rotatable bonds is 3. The van der Waals surface area contributed by atoms with Gasteiger partial charge in [-0.1, -0.05) is 6.07 Å². The maximum atomic E-state index is 13.7. The summed E-state index contributed by atoms with van der Waals surface area (Å²) in [6.45, 7) is 6.14. The average molecular weight is 330 g/mol. The minimum Gasteiger partial charge on any atom is -0.364 e. The Morgan fingerprint density at radius 2 is 2.12 bits per heavy atom. The zero-order valence-corrected chi connectivity index (χ0v) is 14.7. The molecular formula is C20H27FN2O. The topological polar surface area (TPSA) is 23.6 Å². The minimum absolute atomic E-state index is 0.0677. The molecule has 1 saturated carbocycles. The Hall–Kier alpha value is -1.58. The van der Waals surface area contributed by atoms with Gasteiger partial charge >= 0.3 is 0 Å². The Kier molecular flexibility index (Phi) is 3.63. The number of carbonyl (C=O) groups is 1. The monoisotopic (exact) mass is 330 g/mol. The molecule has 4 rings (SSSR count). The van der Waals surface area contributed by atoms with Crippen molar-refractivity contribution in [3.05, 3.63) is 30.1 Å². The number of hydrogen-bond donors (Lipinski definition) is 0. The average Bonchev–Trinajstić information content (AvgIpc) is 3.16. The molecule has 1 aliphatic carbocycles. The number of carbonyl (C=O) groups excluding carboxylic acids is 1. The lowest BCUT2D eigenvalue weighted by atomic mass is 9.87. The van der Waals surface area contributed by atoms with Crippen LogP contribution in [0.1, 0.15) is 52.4 Å². The van der Waals surface area contributed by atoms with Gasteiger partial charge in [-0.15, -0.1) is 0 Å². The van der Waals surface area contributed by atoms with Crippen molar-refractivity contribution in [3.63, 3.8) is 0 Å². The van der Waals surface area contributed by atoms with E-state index in [0.29, 0.717) is 11.8 Å². The molecule has 2 saturated heterocycles. The first-order valence-corrected chi connectivity index (χ1v) is 9.23. The third-order valence-electron chi connectivity index (χ3n) is 6.12. The molecule has 2 aliphatic heterocycles. The molecule has 0 N–H and O–H groups in total. The van der Waals surface area contributed by atoms with Crippen molar-refractivity contribution < 1.29 is 9.18 Å². The number of hydrogen-bond acceptors (Lipinski definition) is 2. The van der Waals surface area contributed by atoms with Crippen LogP contribution < -0.4 is 4.90 Å². The van der Waals surface area contributed by atoms with Crippen LogP contribution in [-0.2, 0) is 4.79 Å². The second-order valence-corrected chi connectivity index (χ2v) is 8.58. The molecule has 2 heterocycles. The fourth-order valence-corrected chi connectivity index (χ4v) is 4.90. The highest BCUT2D eigenvalue weighted by atomic mass is 19.1. The van der Waals surface area contributed by atoms with Gasteiger partial charge in [0, 0.05) is 30.7 Å². The molecule has 3 aliphatic rings. The lowest BCUT2D eigenvalue weighted by molar-refractivity contribution is -0.135. The highest BCUT2D eigenvalue weighted by Crippen LogP contribution is 2.48. The third kappa shape index (κ3) is 2.70. The van der Waals surface area contributed by atoms with E-state index in [0.717, 1.165) is 44.5 Å². The van der Waals surface area contributed by atoms with Gasteiger partial charge in [0.05, 0.1) is 5.54 Å². The van der Waals surface area contributed by atoms with Crippen LogP contribution in [0.2, 0.25) is 0 Å². The fourth-order valence-electron chi connectivity index (χ4n) is 4.90. The molecule has 0 aromatic heterocycles. The Balaban J connectivity index is 1.60. The summed E-state index contributed by atoms with van der Waals surface area (Å²) < 4.78 is 13.7. The van der Waals surface area contributed by atoms with Crippen LogP contribution in [0.25, 0.3) is 0 Å². The van der Waals surface area contributed by atoms with Crippen molar-refractivity contribution in [1.82, 2.24) is 4.90 Å². The predicted molar refractivity (Wildman–Crippen MR) is 93.5 cm³/mol. The Morgan fingerprint density at radius 1 is 1.33 bits per heavy atom. The molecule has 3 nitrogen and oxygen atoms in total. The van der Waals surface area contributed by atoms with Crippen LogP contribution in [0.5, 0.6) is 0 Å². The van der Waals surface area contributed by atoms with E-state index in [1.54, 1.807) is 12.1 Å². The number of anilines is 1. The molecule has 4 heteroatoms. The summed E-state index contributed by atoms with van der Waals surface area (Å²) in [5.41, 5.74) is 0.788. The van der Waals surface area contributed by atoms with Gasteiger partial charge in [-0.2, -0.15) is 0 Å². The minimum atomic E-state index is -0.197. The van der Waals surface area contributed by atoms with Gasteiger partial charge in [-0.3, -0.25) is 4.79 Å². The molecule has 24 heavy (non-hydrogen) atoms. The first kappa shape index (κ1) is 15.9. The van der Waals surface area contributed by atoms with Crippen molar-refractivity contribution >= 4 is 11.6 Å². The number of likely N-dealkylation sites (tertiary alicyclic amines) is 1. The second-order valence-electron chi connectivity index (χ2n) is 8.58. The Labute approximate surface area is 143 Å². The van der Waals surface area contributed by atoms with Gasteiger partial charge in [0.2, 0.25) is 5.91 Å². The van der Waals surface area contributed by atoms with E-state index >= 15 is 0 Å². The van der Waals surface area contributed by atoms with Crippen LogP contribution in [0, 0.1) is 11.7 Å². The second kappa shape index (κ2) is 5.47. The number of nitrogens with zero attached hydrogens (tertiary/aromatic N) is 2. The van der Waals surface area contributed by atoms with Gasteiger partial charge in [0.15, 0.2) is 0 Å². The zero-order chi connectivity index (χ0) is 16.9. The molecule has 1 aromatic carbocycles. The van der Waals surface area contributed by atoms with Crippen LogP contribution >= 0.6 is 0 Å².